The maximum Gasteiger partial charge on any atom is 0.315 e. The molecule has 5 amide bonds. The van der Waals surface area contributed by atoms with Gasteiger partial charge in [-0.25, -0.2) is 13.2 Å². The van der Waals surface area contributed by atoms with Gasteiger partial charge in [-0.15, -0.1) is 6.58 Å². The number of hydrogen-bond acceptors (Lipinski definition) is 7. The molecular formula is C36H59N5O7S. The molecule has 13 heteroatoms. The number of nitrogens with zero attached hydrogens (tertiary/aromatic N) is 1. The van der Waals surface area contributed by atoms with Gasteiger partial charge in [-0.1, -0.05) is 65.9 Å². The van der Waals surface area contributed by atoms with Gasteiger partial charge in [-0.3, -0.25) is 19.2 Å². The minimum Gasteiger partial charge on any atom is -0.346 e. The van der Waals surface area contributed by atoms with Crippen LogP contribution in [0.15, 0.2) is 12.7 Å². The van der Waals surface area contributed by atoms with Crippen molar-refractivity contribution in [1.29, 1.82) is 0 Å². The van der Waals surface area contributed by atoms with Crippen LogP contribution in [0.1, 0.15) is 112 Å². The number of nitrogens with one attached hydrogen (secondary N) is 4. The van der Waals surface area contributed by atoms with Crippen molar-refractivity contribution in [2.24, 2.45) is 23.2 Å². The Morgan fingerprint density at radius 1 is 0.959 bits per heavy atom. The summed E-state index contributed by atoms with van der Waals surface area (Å²) in [6.45, 7) is 14.8. The molecule has 12 nitrogen and oxygen atoms in total. The first-order valence-corrected chi connectivity index (χ1v) is 19.8. The summed E-state index contributed by atoms with van der Waals surface area (Å²) >= 11 is 0. The molecule has 4 rings (SSSR count). The topological polar surface area (TPSA) is 171 Å². The lowest BCUT2D eigenvalue weighted by Crippen LogP contribution is -2.64. The first-order chi connectivity index (χ1) is 22.8. The summed E-state index contributed by atoms with van der Waals surface area (Å²) in [5, 5.41) is 11.3. The van der Waals surface area contributed by atoms with Crippen LogP contribution in [-0.4, -0.2) is 90.1 Å². The van der Waals surface area contributed by atoms with E-state index in [0.717, 1.165) is 44.9 Å². The third-order valence-corrected chi connectivity index (χ3v) is 14.4. The predicted molar refractivity (Wildman–Crippen MR) is 188 cm³/mol. The smallest absolute Gasteiger partial charge is 0.315 e. The molecule has 0 aromatic heterocycles. The number of urea groups is 1. The average Bonchev–Trinajstić information content (AvgIpc) is 3.79. The number of likely N-dealkylation sites (tertiary alicyclic amines) is 1. The zero-order valence-electron chi connectivity index (χ0n) is 30.4. The van der Waals surface area contributed by atoms with Gasteiger partial charge in [0.15, 0.2) is 9.84 Å². The van der Waals surface area contributed by atoms with Crippen molar-refractivity contribution in [1.82, 2.24) is 26.2 Å². The van der Waals surface area contributed by atoms with E-state index in [1.807, 2.05) is 27.7 Å². The Labute approximate surface area is 292 Å². The van der Waals surface area contributed by atoms with Crippen LogP contribution in [0.2, 0.25) is 0 Å². The number of carbonyl (C=O) groups excluding carboxylic acids is 5. The van der Waals surface area contributed by atoms with Crippen molar-refractivity contribution in [3.8, 4) is 0 Å². The number of rotatable bonds is 15. The third kappa shape index (κ3) is 9.05. The largest absolute Gasteiger partial charge is 0.346 e. The van der Waals surface area contributed by atoms with Gasteiger partial charge in [0.25, 0.3) is 5.91 Å². The molecule has 0 radical (unpaired) electrons. The van der Waals surface area contributed by atoms with Crippen molar-refractivity contribution < 1.29 is 32.4 Å². The number of carbonyl (C=O) groups is 5. The molecule has 0 bridgehead atoms. The van der Waals surface area contributed by atoms with Crippen LogP contribution in [0.4, 0.5) is 4.79 Å². The van der Waals surface area contributed by atoms with Gasteiger partial charge < -0.3 is 26.2 Å². The van der Waals surface area contributed by atoms with E-state index in [0.29, 0.717) is 32.2 Å². The Hall–Kier alpha value is -2.96. The first-order valence-electron chi connectivity index (χ1n) is 18.2. The van der Waals surface area contributed by atoms with E-state index in [1.165, 1.54) is 6.08 Å². The van der Waals surface area contributed by atoms with Gasteiger partial charge in [0, 0.05) is 13.1 Å². The summed E-state index contributed by atoms with van der Waals surface area (Å²) in [4.78, 5) is 69.4. The van der Waals surface area contributed by atoms with Crippen molar-refractivity contribution in [2.45, 2.75) is 141 Å². The highest BCUT2D eigenvalue weighted by atomic mass is 32.2. The Balaban J connectivity index is 1.53. The zero-order valence-corrected chi connectivity index (χ0v) is 31.2. The number of Topliss-reactive ketones (excluding diaryl/α,β-unsaturated/α-hetero) is 1. The molecule has 3 saturated carbocycles. The first kappa shape index (κ1) is 38.8. The molecule has 4 aliphatic rings. The number of hydrogen-bond donors (Lipinski definition) is 4. The fourth-order valence-corrected chi connectivity index (χ4v) is 9.44. The summed E-state index contributed by atoms with van der Waals surface area (Å²) in [7, 11) is -3.57. The predicted octanol–water partition coefficient (Wildman–Crippen LogP) is 3.40. The number of amides is 5. The van der Waals surface area contributed by atoms with Gasteiger partial charge in [0.1, 0.15) is 12.1 Å². The van der Waals surface area contributed by atoms with Crippen molar-refractivity contribution in [2.75, 3.05) is 18.8 Å². The fraction of sp³-hybridized carbons (Fsp3) is 0.806. The van der Waals surface area contributed by atoms with E-state index in [-0.39, 0.29) is 30.1 Å². The van der Waals surface area contributed by atoms with E-state index in [1.54, 1.807) is 18.7 Å². The van der Waals surface area contributed by atoms with Gasteiger partial charge in [0.05, 0.1) is 22.1 Å². The lowest BCUT2D eigenvalue weighted by Gasteiger charge is -2.41. The molecule has 1 heterocycles. The maximum absolute atomic E-state index is 14.4. The highest BCUT2D eigenvalue weighted by Crippen LogP contribution is 2.46. The standard InChI is InChI=1S/C36H59N5O7S/c1-8-19-37-31(44)28(42)26(20-23-13-14-23)38-30(43)27-25-16-15-24(25)21-41(27)32(45)29(34(3,4)5)39-33(46)40-36(17-11-10-12-18-36)22-49(47,48)35(6,7)9-2/h8,23-27,29H,1,9-22H2,2-7H3,(H,37,44)(H,38,43)(H2,39,40,46)/t24?,25?,26?,27-,29+/m0/s1. The van der Waals surface area contributed by atoms with Crippen LogP contribution < -0.4 is 21.3 Å². The van der Waals surface area contributed by atoms with Crippen LogP contribution in [0.3, 0.4) is 0 Å². The highest BCUT2D eigenvalue weighted by Gasteiger charge is 2.54. The van der Waals surface area contributed by atoms with E-state index < -0.39 is 73.2 Å². The second kappa shape index (κ2) is 15.1. The number of sulfone groups is 1. The number of fused-ring (bicyclic) bond motifs is 1. The summed E-state index contributed by atoms with van der Waals surface area (Å²) < 4.78 is 26.1. The maximum atomic E-state index is 14.4. The highest BCUT2D eigenvalue weighted by molar-refractivity contribution is 7.92. The third-order valence-electron chi connectivity index (χ3n) is 11.5. The van der Waals surface area contributed by atoms with E-state index in [2.05, 4.69) is 27.8 Å². The molecule has 1 aliphatic heterocycles. The monoisotopic (exact) mass is 705 g/mol. The minimum atomic E-state index is -3.57. The van der Waals surface area contributed by atoms with Gasteiger partial charge in [-0.2, -0.15) is 0 Å². The van der Waals surface area contributed by atoms with Crippen molar-refractivity contribution in [3.63, 3.8) is 0 Å². The molecule has 1 saturated heterocycles. The molecule has 0 spiro atoms. The average molecular weight is 706 g/mol. The Bertz CT molecular complexity index is 1390. The Kier molecular flexibility index (Phi) is 12.0. The number of ketones is 1. The summed E-state index contributed by atoms with van der Waals surface area (Å²) in [6, 6.07) is -3.46. The second-order valence-corrected chi connectivity index (χ2v) is 19.3. The molecule has 0 aromatic carbocycles. The molecule has 276 valence electrons. The molecule has 3 aliphatic carbocycles. The summed E-state index contributed by atoms with van der Waals surface area (Å²) in [6.07, 6.45) is 9.35. The molecule has 5 atom stereocenters. The lowest BCUT2D eigenvalue weighted by molar-refractivity contribution is -0.144. The zero-order chi connectivity index (χ0) is 36.4. The fourth-order valence-electron chi connectivity index (χ4n) is 7.52. The molecule has 0 aromatic rings. The van der Waals surface area contributed by atoms with E-state index in [4.69, 9.17) is 0 Å². The Morgan fingerprint density at radius 2 is 1.61 bits per heavy atom. The quantitative estimate of drug-likeness (QED) is 0.149. The van der Waals surface area contributed by atoms with Gasteiger partial charge >= 0.3 is 6.03 Å². The van der Waals surface area contributed by atoms with Crippen LogP contribution in [-0.2, 0) is 29.0 Å². The summed E-state index contributed by atoms with van der Waals surface area (Å²) in [5.41, 5.74) is -1.70. The van der Waals surface area contributed by atoms with Crippen LogP contribution in [0.5, 0.6) is 0 Å². The van der Waals surface area contributed by atoms with E-state index >= 15 is 0 Å². The second-order valence-electron chi connectivity index (χ2n) is 16.7. The molecule has 4 N–H and O–H groups in total. The minimum absolute atomic E-state index is 0.0812. The molecule has 49 heavy (non-hydrogen) atoms. The van der Waals surface area contributed by atoms with Crippen LogP contribution in [0.25, 0.3) is 0 Å². The van der Waals surface area contributed by atoms with Crippen LogP contribution >= 0.6 is 0 Å². The van der Waals surface area contributed by atoms with Crippen molar-refractivity contribution in [3.05, 3.63) is 12.7 Å². The molecular weight excluding hydrogens is 646 g/mol. The van der Waals surface area contributed by atoms with Gasteiger partial charge in [-0.05, 0) is 75.5 Å². The van der Waals surface area contributed by atoms with Gasteiger partial charge in [0.2, 0.25) is 17.6 Å². The Morgan fingerprint density at radius 3 is 2.14 bits per heavy atom. The van der Waals surface area contributed by atoms with Crippen LogP contribution in [0, 0.1) is 23.2 Å². The van der Waals surface area contributed by atoms with E-state index in [9.17, 15) is 32.4 Å². The lowest BCUT2D eigenvalue weighted by atomic mass is 9.73. The SMILES string of the molecule is C=CCNC(=O)C(=O)C(CC1CC1)NC(=O)[C@@H]1C2CCC2CN1C(=O)[C@@H](NC(=O)NC1(CS(=O)(=O)C(C)(C)CC)CCCCC1)C(C)(C)C. The summed E-state index contributed by atoms with van der Waals surface area (Å²) in [5.74, 6) is -2.23. The van der Waals surface area contributed by atoms with Crippen molar-refractivity contribution >= 4 is 39.4 Å². The normalized spacial score (nSPS) is 24.8. The molecule has 4 fully saturated rings. The molecule has 3 unspecified atom stereocenters.